The van der Waals surface area contributed by atoms with E-state index < -0.39 is 0 Å². The molecule has 0 aromatic rings. The van der Waals surface area contributed by atoms with Crippen molar-refractivity contribution in [1.29, 1.82) is 0 Å². The lowest BCUT2D eigenvalue weighted by molar-refractivity contribution is 0.563. The highest BCUT2D eigenvalue weighted by Crippen LogP contribution is 1.83. The molecular weight excluding hydrogens is 100 g/mol. The summed E-state index contributed by atoms with van der Waals surface area (Å²) in [6.45, 7) is 0. The second kappa shape index (κ2) is 2.77. The van der Waals surface area contributed by atoms with Crippen molar-refractivity contribution >= 4 is 12.8 Å². The topological polar surface area (TPSA) is 54.0 Å². The first kappa shape index (κ1) is 5.55. The molecule has 0 amide bonds. The predicted molar refractivity (Wildman–Crippen MR) is 25.8 cm³/mol. The van der Waals surface area contributed by atoms with E-state index in [0.29, 0.717) is 0 Å². The van der Waals surface area contributed by atoms with E-state index in [-0.39, 0.29) is 0 Å². The summed E-state index contributed by atoms with van der Waals surface area (Å²) in [6, 6.07) is 0. The normalized spacial score (nSPS) is 9.67. The molecule has 0 heterocycles. The minimum absolute atomic E-state index is 1.21. The van der Waals surface area contributed by atoms with Crippen LogP contribution in [0.3, 0.4) is 0 Å². The van der Waals surface area contributed by atoms with E-state index in [1.54, 1.807) is 7.05 Å². The Labute approximate surface area is 41.5 Å². The van der Waals surface area contributed by atoms with Gasteiger partial charge in [0.1, 0.15) is 0 Å². The monoisotopic (exact) mass is 106 g/mol. The third-order valence-corrected chi connectivity index (χ3v) is 0.261. The van der Waals surface area contributed by atoms with Crippen molar-refractivity contribution < 1.29 is 0 Å². The zero-order chi connectivity index (χ0) is 4.99. The Hall–Kier alpha value is -0.450. The third kappa shape index (κ3) is 3.55. The van der Waals surface area contributed by atoms with Gasteiger partial charge in [-0.2, -0.15) is 0 Å². The fourth-order valence-corrected chi connectivity index (χ4v) is 0.121. The van der Waals surface area contributed by atoms with Gasteiger partial charge in [0.15, 0.2) is 0 Å². The molecule has 0 aliphatic carbocycles. The van der Waals surface area contributed by atoms with E-state index in [2.05, 4.69) is 29.1 Å². The summed E-state index contributed by atoms with van der Waals surface area (Å²) in [7, 11) is 1.61. The molecule has 0 unspecified atom stereocenters. The Morgan fingerprint density at radius 3 is 2.33 bits per heavy atom. The van der Waals surface area contributed by atoms with E-state index in [0.717, 1.165) is 0 Å². The van der Waals surface area contributed by atoms with Crippen LogP contribution in [0, 0.1) is 0 Å². The van der Waals surface area contributed by atoms with Crippen molar-refractivity contribution in [2.45, 2.75) is 0 Å². The van der Waals surface area contributed by atoms with Crippen LogP contribution in [0.1, 0.15) is 0 Å². The van der Waals surface area contributed by atoms with E-state index in [1.165, 1.54) is 4.41 Å². The molecule has 0 aromatic carbocycles. The van der Waals surface area contributed by atoms with Crippen molar-refractivity contribution in [3.63, 3.8) is 0 Å². The summed E-state index contributed by atoms with van der Waals surface area (Å²) in [6.07, 6.45) is 0. The van der Waals surface area contributed by atoms with Gasteiger partial charge in [0.05, 0.1) is 0 Å². The molecule has 0 aromatic heterocycles. The minimum Gasteiger partial charge on any atom is -0.303 e. The van der Waals surface area contributed by atoms with Gasteiger partial charge in [-0.1, -0.05) is 5.22 Å². The van der Waals surface area contributed by atoms with Gasteiger partial charge in [0, 0.05) is 7.05 Å². The fourth-order valence-electron chi connectivity index (χ4n) is 0.0747. The van der Waals surface area contributed by atoms with Crippen LogP contribution in [-0.4, -0.2) is 11.5 Å². The molecule has 0 aliphatic rings. The maximum absolute atomic E-state index is 4.60. The molecule has 0 atom stereocenters. The smallest absolute Gasteiger partial charge is 0.0385 e. The van der Waals surface area contributed by atoms with Crippen LogP contribution in [0.5, 0.6) is 0 Å². The van der Waals surface area contributed by atoms with Gasteiger partial charge in [0.25, 0.3) is 0 Å². The highest BCUT2D eigenvalue weighted by Gasteiger charge is 1.70. The maximum atomic E-state index is 4.60. The molecule has 0 rings (SSSR count). The average Bonchev–Trinajstić information content (AvgIpc) is 1.35. The maximum Gasteiger partial charge on any atom is 0.0385 e. The minimum atomic E-state index is 1.21. The van der Waals surface area contributed by atoms with Crippen molar-refractivity contribution in [2.75, 3.05) is 7.05 Å². The average molecular weight is 106 g/mol. The molecule has 36 valence electrons. The SMILES string of the molecule is CN(S)N=NN. The Morgan fingerprint density at radius 2 is 2.33 bits per heavy atom. The van der Waals surface area contributed by atoms with Crippen LogP contribution >= 0.6 is 12.8 Å². The van der Waals surface area contributed by atoms with Gasteiger partial charge in [0.2, 0.25) is 0 Å². The van der Waals surface area contributed by atoms with E-state index in [1.807, 2.05) is 0 Å². The Balaban J connectivity index is 3.03. The van der Waals surface area contributed by atoms with Gasteiger partial charge in [-0.3, -0.25) is 0 Å². The second-order valence-corrected chi connectivity index (χ2v) is 1.27. The van der Waals surface area contributed by atoms with Gasteiger partial charge < -0.3 is 5.84 Å². The predicted octanol–water partition coefficient (Wildman–Crippen LogP) is 0.00390. The summed E-state index contributed by atoms with van der Waals surface area (Å²) in [4.78, 5) is 0. The molecular formula is CH6N4S. The van der Waals surface area contributed by atoms with E-state index in [9.17, 15) is 0 Å². The van der Waals surface area contributed by atoms with Gasteiger partial charge >= 0.3 is 0 Å². The third-order valence-electron chi connectivity index (χ3n) is 0.181. The fraction of sp³-hybridized carbons (Fsp3) is 1.00. The molecule has 2 N–H and O–H groups in total. The molecule has 5 heteroatoms. The zero-order valence-electron chi connectivity index (χ0n) is 3.37. The van der Waals surface area contributed by atoms with Crippen LogP contribution in [0.25, 0.3) is 0 Å². The first-order valence-corrected chi connectivity index (χ1v) is 1.71. The summed E-state index contributed by atoms with van der Waals surface area (Å²) in [5.41, 5.74) is 0. The van der Waals surface area contributed by atoms with Crippen molar-refractivity contribution in [3.8, 4) is 0 Å². The molecule has 4 nitrogen and oxygen atoms in total. The summed E-state index contributed by atoms with van der Waals surface area (Å²) in [5.74, 6) is 4.60. The van der Waals surface area contributed by atoms with Gasteiger partial charge in [-0.05, 0) is 18.0 Å². The highest BCUT2D eigenvalue weighted by atomic mass is 32.1. The molecule has 0 radical (unpaired) electrons. The second-order valence-electron chi connectivity index (χ2n) is 0.694. The number of hydrogen-bond acceptors (Lipinski definition) is 3. The lowest BCUT2D eigenvalue weighted by Crippen LogP contribution is -1.92. The molecule has 0 fully saturated rings. The Morgan fingerprint density at radius 1 is 1.83 bits per heavy atom. The van der Waals surface area contributed by atoms with Gasteiger partial charge in [-0.25, -0.2) is 4.41 Å². The highest BCUT2D eigenvalue weighted by molar-refractivity contribution is 7.77. The quantitative estimate of drug-likeness (QED) is 0.214. The molecule has 6 heavy (non-hydrogen) atoms. The number of thiol groups is 1. The lowest BCUT2D eigenvalue weighted by atomic mass is 11.5. The summed E-state index contributed by atoms with van der Waals surface area (Å²) in [5, 5.41) is 6.14. The van der Waals surface area contributed by atoms with Crippen LogP contribution in [-0.2, 0) is 0 Å². The van der Waals surface area contributed by atoms with Crippen LogP contribution in [0.4, 0.5) is 0 Å². The van der Waals surface area contributed by atoms with Crippen LogP contribution < -0.4 is 5.84 Å². The number of hydrogen-bond donors (Lipinski definition) is 2. The number of nitrogens with two attached hydrogens (primary N) is 1. The van der Waals surface area contributed by atoms with Gasteiger partial charge in [-0.15, -0.1) is 0 Å². The first-order valence-electron chi connectivity index (χ1n) is 1.31. The zero-order valence-corrected chi connectivity index (χ0v) is 4.26. The standard InChI is InChI=1S/CH6N4S/c1-5(6)4-3-2/h6H,1H3,(H2,2,4). The largest absolute Gasteiger partial charge is 0.303 e. The first-order chi connectivity index (χ1) is 2.77. The van der Waals surface area contributed by atoms with Crippen LogP contribution in [0.15, 0.2) is 10.4 Å². The lowest BCUT2D eigenvalue weighted by Gasteiger charge is -1.93. The Kier molecular flexibility index (Phi) is 2.56. The van der Waals surface area contributed by atoms with Crippen molar-refractivity contribution in [2.24, 2.45) is 16.3 Å². The molecule has 0 saturated heterocycles. The molecule has 0 bridgehead atoms. The van der Waals surface area contributed by atoms with Crippen molar-refractivity contribution in [3.05, 3.63) is 0 Å². The molecule has 0 saturated carbocycles. The Bertz CT molecular complexity index is 49.5. The van der Waals surface area contributed by atoms with Crippen LogP contribution in [0.2, 0.25) is 0 Å². The number of rotatable bonds is 1. The van der Waals surface area contributed by atoms with E-state index in [4.69, 9.17) is 0 Å². The summed E-state index contributed by atoms with van der Waals surface area (Å²) >= 11 is 3.67. The van der Waals surface area contributed by atoms with E-state index >= 15 is 0 Å². The summed E-state index contributed by atoms with van der Waals surface area (Å²) < 4.78 is 1.21. The number of nitrogens with zero attached hydrogens (tertiary/aromatic N) is 3. The van der Waals surface area contributed by atoms with Crippen molar-refractivity contribution in [1.82, 2.24) is 4.41 Å². The molecule has 0 spiro atoms. The molecule has 0 aliphatic heterocycles.